The standard InChI is InChI=1S/C13H20N4O/c1-4-13(18)16-11-8-7-9-12(10-11)17(14-5-2)15-6-3/h4,7-10,14-15H,1,5-6H2,2-3H3,(H,16,18). The number of nitrogens with one attached hydrogen (secondary N) is 3. The maximum absolute atomic E-state index is 11.2. The van der Waals surface area contributed by atoms with Crippen LogP contribution in [0.15, 0.2) is 36.9 Å². The Hall–Kier alpha value is -1.85. The molecule has 5 heteroatoms. The van der Waals surface area contributed by atoms with Crippen LogP contribution in [0.3, 0.4) is 0 Å². The lowest BCUT2D eigenvalue weighted by atomic mass is 10.2. The molecular formula is C13H20N4O. The van der Waals surface area contributed by atoms with Gasteiger partial charge in [0.25, 0.3) is 0 Å². The Bertz CT molecular complexity index is 400. The summed E-state index contributed by atoms with van der Waals surface area (Å²) in [5, 5.41) is 4.57. The first-order chi connectivity index (χ1) is 8.71. The fourth-order valence-electron chi connectivity index (χ4n) is 1.47. The van der Waals surface area contributed by atoms with Crippen molar-refractivity contribution in [2.45, 2.75) is 13.8 Å². The van der Waals surface area contributed by atoms with E-state index < -0.39 is 0 Å². The highest BCUT2D eigenvalue weighted by atomic mass is 16.1. The van der Waals surface area contributed by atoms with Gasteiger partial charge in [-0.2, -0.15) is 0 Å². The van der Waals surface area contributed by atoms with Gasteiger partial charge in [-0.05, 0) is 24.3 Å². The molecule has 0 unspecified atom stereocenters. The number of rotatable bonds is 7. The predicted octanol–water partition coefficient (Wildman–Crippen LogP) is 1.67. The lowest BCUT2D eigenvalue weighted by Crippen LogP contribution is -2.48. The van der Waals surface area contributed by atoms with Crippen LogP contribution in [0.2, 0.25) is 0 Å². The maximum Gasteiger partial charge on any atom is 0.247 e. The van der Waals surface area contributed by atoms with Gasteiger partial charge in [-0.25, -0.2) is 16.0 Å². The van der Waals surface area contributed by atoms with Crippen molar-refractivity contribution in [2.75, 3.05) is 23.5 Å². The van der Waals surface area contributed by atoms with E-state index >= 15 is 0 Å². The minimum absolute atomic E-state index is 0.217. The lowest BCUT2D eigenvalue weighted by molar-refractivity contribution is -0.111. The summed E-state index contributed by atoms with van der Waals surface area (Å²) in [6, 6.07) is 7.55. The van der Waals surface area contributed by atoms with Gasteiger partial charge >= 0.3 is 0 Å². The molecule has 0 fully saturated rings. The zero-order valence-corrected chi connectivity index (χ0v) is 10.9. The van der Waals surface area contributed by atoms with Crippen LogP contribution in [-0.2, 0) is 4.79 Å². The van der Waals surface area contributed by atoms with E-state index in [1.165, 1.54) is 6.08 Å². The van der Waals surface area contributed by atoms with Crippen molar-refractivity contribution in [3.63, 3.8) is 0 Å². The Morgan fingerprint density at radius 2 is 2.00 bits per heavy atom. The first-order valence-corrected chi connectivity index (χ1v) is 6.01. The Morgan fingerprint density at radius 1 is 1.33 bits per heavy atom. The summed E-state index contributed by atoms with van der Waals surface area (Å²) >= 11 is 0. The van der Waals surface area contributed by atoms with Crippen LogP contribution in [0.1, 0.15) is 13.8 Å². The van der Waals surface area contributed by atoms with Gasteiger partial charge < -0.3 is 5.32 Å². The van der Waals surface area contributed by atoms with Crippen LogP contribution < -0.4 is 21.3 Å². The van der Waals surface area contributed by atoms with E-state index in [4.69, 9.17) is 0 Å². The molecule has 1 amide bonds. The van der Waals surface area contributed by atoms with Crippen LogP contribution in [0.5, 0.6) is 0 Å². The average Bonchev–Trinajstić information content (AvgIpc) is 2.38. The Morgan fingerprint density at radius 3 is 2.56 bits per heavy atom. The average molecular weight is 248 g/mol. The third kappa shape index (κ3) is 4.20. The quantitative estimate of drug-likeness (QED) is 0.507. The van der Waals surface area contributed by atoms with Crippen molar-refractivity contribution in [1.82, 2.24) is 10.9 Å². The second kappa shape index (κ2) is 7.47. The first-order valence-electron chi connectivity index (χ1n) is 6.01. The van der Waals surface area contributed by atoms with Crippen LogP contribution >= 0.6 is 0 Å². The molecule has 0 aromatic heterocycles. The molecule has 0 aliphatic carbocycles. The van der Waals surface area contributed by atoms with Gasteiger partial charge in [0.15, 0.2) is 0 Å². The fourth-order valence-corrected chi connectivity index (χ4v) is 1.47. The number of amides is 1. The van der Waals surface area contributed by atoms with Crippen LogP contribution in [0.4, 0.5) is 11.4 Å². The monoisotopic (exact) mass is 248 g/mol. The molecule has 1 aromatic carbocycles. The minimum Gasteiger partial charge on any atom is -0.322 e. The molecule has 18 heavy (non-hydrogen) atoms. The van der Waals surface area contributed by atoms with Gasteiger partial charge in [0, 0.05) is 18.8 Å². The maximum atomic E-state index is 11.2. The molecule has 0 heterocycles. The molecule has 0 spiro atoms. The van der Waals surface area contributed by atoms with Gasteiger partial charge in [0.1, 0.15) is 0 Å². The topological polar surface area (TPSA) is 56.4 Å². The minimum atomic E-state index is -0.217. The SMILES string of the molecule is C=CC(=O)Nc1cccc(N(NCC)NCC)c1. The van der Waals surface area contributed by atoms with E-state index in [0.29, 0.717) is 0 Å². The van der Waals surface area contributed by atoms with E-state index in [0.717, 1.165) is 24.5 Å². The number of hydrogen-bond donors (Lipinski definition) is 3. The first kappa shape index (κ1) is 14.2. The molecule has 0 aliphatic rings. The number of carbonyl (C=O) groups is 1. The Kier molecular flexibility index (Phi) is 5.90. The smallest absolute Gasteiger partial charge is 0.247 e. The van der Waals surface area contributed by atoms with Gasteiger partial charge in [0.05, 0.1) is 5.69 Å². The number of benzene rings is 1. The van der Waals surface area contributed by atoms with Crippen molar-refractivity contribution in [3.8, 4) is 0 Å². The zero-order valence-electron chi connectivity index (χ0n) is 10.9. The van der Waals surface area contributed by atoms with Crippen molar-refractivity contribution in [2.24, 2.45) is 0 Å². The number of hydrogen-bond acceptors (Lipinski definition) is 4. The molecule has 3 N–H and O–H groups in total. The summed E-state index contributed by atoms with van der Waals surface area (Å²) in [5.41, 5.74) is 8.03. The van der Waals surface area contributed by atoms with E-state index in [9.17, 15) is 4.79 Å². The highest BCUT2D eigenvalue weighted by Gasteiger charge is 2.05. The summed E-state index contributed by atoms with van der Waals surface area (Å²) in [5.74, 6) is -0.217. The number of nitrogens with zero attached hydrogens (tertiary/aromatic N) is 1. The zero-order chi connectivity index (χ0) is 13.4. The molecule has 0 aliphatic heterocycles. The predicted molar refractivity (Wildman–Crippen MR) is 75.1 cm³/mol. The number of hydrazine groups is 2. The van der Waals surface area contributed by atoms with Crippen LogP contribution in [0.25, 0.3) is 0 Å². The summed E-state index contributed by atoms with van der Waals surface area (Å²) in [4.78, 5) is 11.2. The molecule has 0 saturated carbocycles. The summed E-state index contributed by atoms with van der Waals surface area (Å²) < 4.78 is 0. The normalized spacial score (nSPS) is 9.89. The van der Waals surface area contributed by atoms with E-state index in [-0.39, 0.29) is 5.91 Å². The third-order valence-electron chi connectivity index (χ3n) is 2.19. The van der Waals surface area contributed by atoms with Crippen LogP contribution in [-0.4, -0.2) is 19.0 Å². The summed E-state index contributed by atoms with van der Waals surface area (Å²) in [7, 11) is 0. The second-order valence-electron chi connectivity index (χ2n) is 3.60. The lowest BCUT2D eigenvalue weighted by Gasteiger charge is -2.25. The van der Waals surface area contributed by atoms with Crippen molar-refractivity contribution < 1.29 is 4.79 Å². The highest BCUT2D eigenvalue weighted by molar-refractivity contribution is 5.99. The largest absolute Gasteiger partial charge is 0.322 e. The van der Waals surface area contributed by atoms with Crippen molar-refractivity contribution >= 4 is 17.3 Å². The van der Waals surface area contributed by atoms with Gasteiger partial charge in [-0.3, -0.25) is 4.79 Å². The van der Waals surface area contributed by atoms with Gasteiger partial charge in [-0.15, -0.1) is 0 Å². The molecule has 1 aromatic rings. The van der Waals surface area contributed by atoms with E-state index in [2.05, 4.69) is 22.7 Å². The highest BCUT2D eigenvalue weighted by Crippen LogP contribution is 2.17. The molecule has 0 radical (unpaired) electrons. The molecule has 0 saturated heterocycles. The molecular weight excluding hydrogens is 228 g/mol. The molecule has 1 rings (SSSR count). The Labute approximate surface area is 108 Å². The van der Waals surface area contributed by atoms with Gasteiger partial charge in [-0.1, -0.05) is 26.5 Å². The third-order valence-corrected chi connectivity index (χ3v) is 2.19. The fraction of sp³-hybridized carbons (Fsp3) is 0.308. The van der Waals surface area contributed by atoms with E-state index in [1.807, 2.05) is 43.2 Å². The van der Waals surface area contributed by atoms with Crippen LogP contribution in [0, 0.1) is 0 Å². The second-order valence-corrected chi connectivity index (χ2v) is 3.60. The van der Waals surface area contributed by atoms with Gasteiger partial charge in [0.2, 0.25) is 5.91 Å². The summed E-state index contributed by atoms with van der Waals surface area (Å²) in [6.07, 6.45) is 1.25. The number of carbonyl (C=O) groups excluding carboxylic acids is 1. The molecule has 98 valence electrons. The molecule has 5 nitrogen and oxygen atoms in total. The molecule has 0 atom stereocenters. The van der Waals surface area contributed by atoms with Crippen molar-refractivity contribution in [1.29, 1.82) is 0 Å². The van der Waals surface area contributed by atoms with E-state index in [1.54, 1.807) is 0 Å². The summed E-state index contributed by atoms with van der Waals surface area (Å²) in [6.45, 7) is 9.07. The van der Waals surface area contributed by atoms with Crippen molar-refractivity contribution in [3.05, 3.63) is 36.9 Å². The number of anilines is 2. The molecule has 0 bridgehead atoms. The Balaban J connectivity index is 2.84.